The van der Waals surface area contributed by atoms with E-state index in [1.807, 2.05) is 30.5 Å². The van der Waals surface area contributed by atoms with Gasteiger partial charge in [0.25, 0.3) is 0 Å². The normalized spacial score (nSPS) is 27.1. The first-order valence-electron chi connectivity index (χ1n) is 11.3. The summed E-state index contributed by atoms with van der Waals surface area (Å²) in [6.07, 6.45) is 5.22. The molecule has 4 atom stereocenters. The minimum absolute atomic E-state index is 0.0457. The molecule has 1 saturated heterocycles. The van der Waals surface area contributed by atoms with E-state index in [2.05, 4.69) is 31.9 Å². The van der Waals surface area contributed by atoms with E-state index in [1.165, 1.54) is 5.56 Å². The van der Waals surface area contributed by atoms with Gasteiger partial charge in [0.15, 0.2) is 0 Å². The summed E-state index contributed by atoms with van der Waals surface area (Å²) in [5.41, 5.74) is 9.19. The number of carbonyl (C=O) groups excluding carboxylic acids is 3. The molecule has 2 aliphatic heterocycles. The summed E-state index contributed by atoms with van der Waals surface area (Å²) in [6, 6.07) is 8.71. The van der Waals surface area contributed by atoms with Crippen LogP contribution in [0.4, 0.5) is 5.69 Å². The predicted molar refractivity (Wildman–Crippen MR) is 124 cm³/mol. The summed E-state index contributed by atoms with van der Waals surface area (Å²) in [4.78, 5) is 41.4. The molecule has 1 unspecified atom stereocenters. The van der Waals surface area contributed by atoms with Gasteiger partial charge in [0.05, 0.1) is 11.8 Å². The quantitative estimate of drug-likeness (QED) is 0.679. The number of aromatic nitrogens is 1. The molecule has 2 amide bonds. The van der Waals surface area contributed by atoms with E-state index in [-0.39, 0.29) is 36.0 Å². The maximum atomic E-state index is 13.6. The monoisotopic (exact) mass is 498 g/mol. The van der Waals surface area contributed by atoms with Crippen LogP contribution in [0.5, 0.6) is 0 Å². The first kappa shape index (κ1) is 21.4. The Morgan fingerprint density at radius 3 is 2.69 bits per heavy atom. The highest BCUT2D eigenvalue weighted by molar-refractivity contribution is 9.10. The number of ketones is 1. The lowest BCUT2D eigenvalue weighted by molar-refractivity contribution is -0.142. The van der Waals surface area contributed by atoms with Crippen molar-refractivity contribution in [3.05, 3.63) is 52.3 Å². The van der Waals surface area contributed by atoms with E-state index in [1.54, 1.807) is 4.90 Å². The number of carbonyl (C=O) groups is 3. The van der Waals surface area contributed by atoms with Crippen LogP contribution >= 0.6 is 15.9 Å². The van der Waals surface area contributed by atoms with Crippen molar-refractivity contribution >= 4 is 39.2 Å². The molecular weight excluding hydrogens is 472 g/mol. The second-order valence-electron chi connectivity index (χ2n) is 9.11. The number of aryl methyl sites for hydroxylation is 1. The molecular formula is C24H27BrN4O3. The Morgan fingerprint density at radius 2 is 1.91 bits per heavy atom. The van der Waals surface area contributed by atoms with E-state index in [0.29, 0.717) is 25.2 Å². The summed E-state index contributed by atoms with van der Waals surface area (Å²) < 4.78 is 2.99. The Bertz CT molecular complexity index is 1060. The Balaban J connectivity index is 1.35. The molecule has 0 saturated carbocycles. The molecule has 1 aromatic heterocycles. The average Bonchev–Trinajstić information content (AvgIpc) is 3.38. The van der Waals surface area contributed by atoms with Gasteiger partial charge in [0, 0.05) is 47.6 Å². The third kappa shape index (κ3) is 3.79. The SMILES string of the molecule is N[C@H]1CCc2ccn3c2C1C(=O)C[C@H](C(=O)N1CCC[C@H]1C(=O)Nc1ccc(Br)cc1)C3. The first-order chi connectivity index (χ1) is 15.4. The zero-order valence-electron chi connectivity index (χ0n) is 17.8. The average molecular weight is 499 g/mol. The zero-order chi connectivity index (χ0) is 22.4. The van der Waals surface area contributed by atoms with Crippen molar-refractivity contribution in [2.24, 2.45) is 11.7 Å². The highest BCUT2D eigenvalue weighted by Gasteiger charge is 2.43. The van der Waals surface area contributed by atoms with Gasteiger partial charge >= 0.3 is 0 Å². The number of halogens is 1. The molecule has 5 rings (SSSR count). The topological polar surface area (TPSA) is 97.4 Å². The minimum atomic E-state index is -0.516. The highest BCUT2D eigenvalue weighted by Crippen LogP contribution is 2.38. The molecule has 8 heteroatoms. The molecule has 3 heterocycles. The van der Waals surface area contributed by atoms with E-state index < -0.39 is 12.0 Å². The molecule has 2 aromatic rings. The largest absolute Gasteiger partial charge is 0.350 e. The molecule has 1 aliphatic carbocycles. The minimum Gasteiger partial charge on any atom is -0.350 e. The van der Waals surface area contributed by atoms with Crippen LogP contribution in [-0.4, -0.2) is 45.7 Å². The molecule has 168 valence electrons. The van der Waals surface area contributed by atoms with Crippen LogP contribution in [0.15, 0.2) is 41.0 Å². The molecule has 3 N–H and O–H groups in total. The zero-order valence-corrected chi connectivity index (χ0v) is 19.4. The van der Waals surface area contributed by atoms with E-state index in [0.717, 1.165) is 29.4 Å². The molecule has 0 spiro atoms. The van der Waals surface area contributed by atoms with Crippen LogP contribution in [0.1, 0.15) is 42.9 Å². The van der Waals surface area contributed by atoms with Gasteiger partial charge in [-0.05, 0) is 61.6 Å². The van der Waals surface area contributed by atoms with Gasteiger partial charge in [0.1, 0.15) is 11.8 Å². The van der Waals surface area contributed by atoms with E-state index in [4.69, 9.17) is 5.73 Å². The number of rotatable bonds is 3. The first-order valence-corrected chi connectivity index (χ1v) is 12.0. The Kier molecular flexibility index (Phi) is 5.67. The third-order valence-corrected chi connectivity index (χ3v) is 7.60. The fraction of sp³-hybridized carbons (Fsp3) is 0.458. The molecule has 32 heavy (non-hydrogen) atoms. The molecule has 0 bridgehead atoms. The van der Waals surface area contributed by atoms with Gasteiger partial charge in [-0.1, -0.05) is 15.9 Å². The second-order valence-corrected chi connectivity index (χ2v) is 10.0. The number of hydrogen-bond acceptors (Lipinski definition) is 4. The molecule has 7 nitrogen and oxygen atoms in total. The van der Waals surface area contributed by atoms with Crippen molar-refractivity contribution in [2.45, 2.75) is 56.7 Å². The second kappa shape index (κ2) is 8.48. The standard InChI is InChI=1S/C24H27BrN4O3/c25-16-4-6-17(7-5-16)27-23(31)19-2-1-10-29(19)24(32)15-12-20(30)21-18(26)8-3-14-9-11-28(13-15)22(14)21/h4-7,9,11,15,18-19,21H,1-3,8,10,12-13,26H2,(H,27,31)/t15-,18-,19-,21?/m0/s1. The van der Waals surface area contributed by atoms with E-state index in [9.17, 15) is 14.4 Å². The number of Topliss-reactive ketones (excluding diaryl/α,β-unsaturated/α-hetero) is 1. The van der Waals surface area contributed by atoms with Crippen molar-refractivity contribution in [3.63, 3.8) is 0 Å². The Hall–Kier alpha value is -2.45. The van der Waals surface area contributed by atoms with Gasteiger partial charge < -0.3 is 20.5 Å². The number of anilines is 1. The van der Waals surface area contributed by atoms with Crippen LogP contribution < -0.4 is 11.1 Å². The number of likely N-dealkylation sites (tertiary alicyclic amines) is 1. The number of nitrogens with zero attached hydrogens (tertiary/aromatic N) is 2. The fourth-order valence-electron chi connectivity index (χ4n) is 5.50. The van der Waals surface area contributed by atoms with Gasteiger partial charge in [-0.15, -0.1) is 0 Å². The Morgan fingerprint density at radius 1 is 1.12 bits per heavy atom. The predicted octanol–water partition coefficient (Wildman–Crippen LogP) is 2.83. The summed E-state index contributed by atoms with van der Waals surface area (Å²) in [7, 11) is 0. The third-order valence-electron chi connectivity index (χ3n) is 7.07. The van der Waals surface area contributed by atoms with Crippen LogP contribution in [-0.2, 0) is 27.3 Å². The highest BCUT2D eigenvalue weighted by atomic mass is 79.9. The maximum absolute atomic E-state index is 13.6. The lowest BCUT2D eigenvalue weighted by Crippen LogP contribution is -2.46. The smallest absolute Gasteiger partial charge is 0.247 e. The summed E-state index contributed by atoms with van der Waals surface area (Å²) >= 11 is 3.39. The van der Waals surface area contributed by atoms with Crippen molar-refractivity contribution in [3.8, 4) is 0 Å². The van der Waals surface area contributed by atoms with Crippen LogP contribution in [0.25, 0.3) is 0 Å². The lowest BCUT2D eigenvalue weighted by atomic mass is 9.80. The number of amides is 2. The number of nitrogens with one attached hydrogen (secondary N) is 1. The van der Waals surface area contributed by atoms with Gasteiger partial charge in [-0.2, -0.15) is 0 Å². The van der Waals surface area contributed by atoms with Crippen LogP contribution in [0.2, 0.25) is 0 Å². The lowest BCUT2D eigenvalue weighted by Gasteiger charge is -2.28. The van der Waals surface area contributed by atoms with Crippen molar-refractivity contribution in [1.29, 1.82) is 0 Å². The number of benzene rings is 1. The summed E-state index contributed by atoms with van der Waals surface area (Å²) in [6.45, 7) is 0.995. The van der Waals surface area contributed by atoms with Crippen molar-refractivity contribution < 1.29 is 14.4 Å². The number of nitrogens with two attached hydrogens (primary N) is 1. The van der Waals surface area contributed by atoms with Gasteiger partial charge in [0.2, 0.25) is 11.8 Å². The number of hydrogen-bond donors (Lipinski definition) is 2. The molecule has 3 aliphatic rings. The van der Waals surface area contributed by atoms with Crippen LogP contribution in [0, 0.1) is 5.92 Å². The Labute approximate surface area is 195 Å². The maximum Gasteiger partial charge on any atom is 0.247 e. The molecule has 1 fully saturated rings. The summed E-state index contributed by atoms with van der Waals surface area (Å²) in [5, 5.41) is 2.93. The van der Waals surface area contributed by atoms with Crippen LogP contribution in [0.3, 0.4) is 0 Å². The van der Waals surface area contributed by atoms with E-state index >= 15 is 0 Å². The molecule has 0 radical (unpaired) electrons. The molecule has 1 aromatic carbocycles. The van der Waals surface area contributed by atoms with Gasteiger partial charge in [-0.25, -0.2) is 0 Å². The van der Waals surface area contributed by atoms with Gasteiger partial charge in [-0.3, -0.25) is 14.4 Å². The van der Waals surface area contributed by atoms with Crippen molar-refractivity contribution in [1.82, 2.24) is 9.47 Å². The fourth-order valence-corrected chi connectivity index (χ4v) is 5.76. The van der Waals surface area contributed by atoms with Crippen molar-refractivity contribution in [2.75, 3.05) is 11.9 Å². The summed E-state index contributed by atoms with van der Waals surface area (Å²) in [5.74, 6) is -1.05.